The summed E-state index contributed by atoms with van der Waals surface area (Å²) in [6, 6.07) is 19.7. The van der Waals surface area contributed by atoms with Crippen LogP contribution in [-0.2, 0) is 17.6 Å². The molecule has 2 aromatic carbocycles. The molecule has 0 aliphatic heterocycles. The molecule has 1 heteroatoms. The maximum absolute atomic E-state index is 11.5. The van der Waals surface area contributed by atoms with Crippen molar-refractivity contribution in [3.8, 4) is 23.7 Å². The van der Waals surface area contributed by atoms with E-state index in [-0.39, 0.29) is 5.78 Å². The summed E-state index contributed by atoms with van der Waals surface area (Å²) in [7, 11) is 0. The zero-order valence-corrected chi connectivity index (χ0v) is 11.1. The van der Waals surface area contributed by atoms with E-state index in [1.165, 1.54) is 0 Å². The second kappa shape index (κ2) is 7.62. The predicted octanol–water partition coefficient (Wildman–Crippen LogP) is 3.05. The number of rotatable bonds is 2. The lowest BCUT2D eigenvalue weighted by molar-refractivity contribution is -0.108. The maximum Gasteiger partial charge on any atom is 0.279 e. The third-order valence-corrected chi connectivity index (χ3v) is 2.67. The molecule has 0 aliphatic carbocycles. The number of carbonyl (C=O) groups excluding carboxylic acids is 1. The van der Waals surface area contributed by atoms with Crippen LogP contribution in [0.25, 0.3) is 0 Å². The molecule has 20 heavy (non-hydrogen) atoms. The minimum absolute atomic E-state index is 0.322. The topological polar surface area (TPSA) is 17.1 Å². The Morgan fingerprint density at radius 2 is 1.10 bits per heavy atom. The molecule has 2 rings (SSSR count). The molecule has 0 saturated heterocycles. The zero-order chi connectivity index (χ0) is 14.0. The van der Waals surface area contributed by atoms with E-state index in [1.54, 1.807) is 0 Å². The molecule has 1 nitrogen and oxygen atoms in total. The highest BCUT2D eigenvalue weighted by atomic mass is 16.1. The molecule has 0 aliphatic rings. The molecule has 0 fully saturated rings. The minimum Gasteiger partial charge on any atom is -0.270 e. The normalized spacial score (nSPS) is 8.80. The third kappa shape index (κ3) is 4.84. The summed E-state index contributed by atoms with van der Waals surface area (Å²) >= 11 is 0. The van der Waals surface area contributed by atoms with Gasteiger partial charge in [0.15, 0.2) is 0 Å². The van der Waals surface area contributed by atoms with Crippen molar-refractivity contribution in [2.24, 2.45) is 0 Å². The van der Waals surface area contributed by atoms with E-state index in [0.717, 1.165) is 11.1 Å². The van der Waals surface area contributed by atoms with Crippen molar-refractivity contribution in [1.29, 1.82) is 0 Å². The molecular formula is C19H14O. The van der Waals surface area contributed by atoms with Crippen LogP contribution >= 0.6 is 0 Å². The molecule has 96 valence electrons. The molecule has 0 radical (unpaired) electrons. The SMILES string of the molecule is O=C(C#CCc1ccccc1)C#CCc1ccccc1. The van der Waals surface area contributed by atoms with Gasteiger partial charge in [-0.05, 0) is 23.0 Å². The average molecular weight is 258 g/mol. The largest absolute Gasteiger partial charge is 0.279 e. The predicted molar refractivity (Wildman–Crippen MR) is 80.9 cm³/mol. The van der Waals surface area contributed by atoms with E-state index < -0.39 is 0 Å². The summed E-state index contributed by atoms with van der Waals surface area (Å²) < 4.78 is 0. The first-order chi connectivity index (χ1) is 9.84. The molecule has 0 atom stereocenters. The Hall–Kier alpha value is -2.77. The van der Waals surface area contributed by atoms with Gasteiger partial charge in [0.05, 0.1) is 0 Å². The number of benzene rings is 2. The molecule has 0 aromatic heterocycles. The fourth-order valence-electron chi connectivity index (χ4n) is 1.68. The van der Waals surface area contributed by atoms with Gasteiger partial charge in [-0.1, -0.05) is 72.5 Å². The van der Waals surface area contributed by atoms with Crippen molar-refractivity contribution in [1.82, 2.24) is 0 Å². The monoisotopic (exact) mass is 258 g/mol. The number of ketones is 1. The average Bonchev–Trinajstić information content (AvgIpc) is 2.49. The lowest BCUT2D eigenvalue weighted by Gasteiger charge is -1.91. The number of Topliss-reactive ketones (excluding diaryl/α,β-unsaturated/α-hetero) is 1. The fraction of sp³-hybridized carbons (Fsp3) is 0.105. The van der Waals surface area contributed by atoms with Gasteiger partial charge in [0.2, 0.25) is 0 Å². The second-order valence-corrected chi connectivity index (χ2v) is 4.26. The van der Waals surface area contributed by atoms with Crippen molar-refractivity contribution in [3.05, 3.63) is 71.8 Å². The van der Waals surface area contributed by atoms with Gasteiger partial charge in [-0.2, -0.15) is 0 Å². The highest BCUT2D eigenvalue weighted by molar-refractivity contribution is 6.08. The van der Waals surface area contributed by atoms with E-state index in [4.69, 9.17) is 0 Å². The van der Waals surface area contributed by atoms with Crippen LogP contribution in [0.5, 0.6) is 0 Å². The van der Waals surface area contributed by atoms with E-state index in [0.29, 0.717) is 12.8 Å². The molecule has 0 saturated carbocycles. The molecule has 0 spiro atoms. The smallest absolute Gasteiger partial charge is 0.270 e. The standard InChI is InChI=1S/C19H14O/c20-19(15-7-13-17-9-3-1-4-10-17)16-8-14-18-11-5-2-6-12-18/h1-6,9-12H,13-14H2. The Labute approximate surface area is 119 Å². The summed E-state index contributed by atoms with van der Waals surface area (Å²) in [6.07, 6.45) is 1.15. The Bertz CT molecular complexity index is 615. The van der Waals surface area contributed by atoms with Crippen molar-refractivity contribution in [2.45, 2.75) is 12.8 Å². The molecule has 0 amide bonds. The van der Waals surface area contributed by atoms with Crippen LogP contribution in [0.3, 0.4) is 0 Å². The van der Waals surface area contributed by atoms with Crippen LogP contribution in [0.1, 0.15) is 11.1 Å². The van der Waals surface area contributed by atoms with E-state index >= 15 is 0 Å². The highest BCUT2D eigenvalue weighted by Crippen LogP contribution is 1.98. The van der Waals surface area contributed by atoms with Gasteiger partial charge in [-0.15, -0.1) is 0 Å². The van der Waals surface area contributed by atoms with Crippen molar-refractivity contribution < 1.29 is 4.79 Å². The van der Waals surface area contributed by atoms with Crippen LogP contribution in [0.15, 0.2) is 60.7 Å². The molecule has 2 aromatic rings. The summed E-state index contributed by atoms with van der Waals surface area (Å²) in [5, 5.41) is 0. The molecule has 0 bridgehead atoms. The maximum atomic E-state index is 11.5. The number of carbonyl (C=O) groups is 1. The first kappa shape index (κ1) is 13.7. The number of hydrogen-bond acceptors (Lipinski definition) is 1. The first-order valence-electron chi connectivity index (χ1n) is 6.44. The quantitative estimate of drug-likeness (QED) is 0.597. The van der Waals surface area contributed by atoms with E-state index in [2.05, 4.69) is 23.7 Å². The summed E-state index contributed by atoms with van der Waals surface area (Å²) in [5.74, 6) is 10.5. The molecule has 0 unspecified atom stereocenters. The third-order valence-electron chi connectivity index (χ3n) is 2.67. The number of hydrogen-bond donors (Lipinski definition) is 0. The van der Waals surface area contributed by atoms with Crippen molar-refractivity contribution in [3.63, 3.8) is 0 Å². The van der Waals surface area contributed by atoms with Gasteiger partial charge in [0.1, 0.15) is 0 Å². The first-order valence-corrected chi connectivity index (χ1v) is 6.44. The van der Waals surface area contributed by atoms with Gasteiger partial charge in [0.25, 0.3) is 5.78 Å². The minimum atomic E-state index is -0.322. The summed E-state index contributed by atoms with van der Waals surface area (Å²) in [6.45, 7) is 0. The zero-order valence-electron chi connectivity index (χ0n) is 11.1. The van der Waals surface area contributed by atoms with Crippen molar-refractivity contribution in [2.75, 3.05) is 0 Å². The summed E-state index contributed by atoms with van der Waals surface area (Å²) in [5.41, 5.74) is 2.20. The van der Waals surface area contributed by atoms with Crippen molar-refractivity contribution >= 4 is 5.78 Å². The van der Waals surface area contributed by atoms with Gasteiger partial charge < -0.3 is 0 Å². The van der Waals surface area contributed by atoms with Crippen LogP contribution in [0.4, 0.5) is 0 Å². The molecule has 0 heterocycles. The Morgan fingerprint density at radius 1 is 0.700 bits per heavy atom. The Balaban J connectivity index is 1.85. The lowest BCUT2D eigenvalue weighted by Crippen LogP contribution is -1.89. The Morgan fingerprint density at radius 3 is 1.50 bits per heavy atom. The fourth-order valence-corrected chi connectivity index (χ4v) is 1.68. The van der Waals surface area contributed by atoms with Gasteiger partial charge >= 0.3 is 0 Å². The van der Waals surface area contributed by atoms with Crippen LogP contribution in [0, 0.1) is 23.7 Å². The molecular weight excluding hydrogens is 244 g/mol. The van der Waals surface area contributed by atoms with Gasteiger partial charge in [-0.3, -0.25) is 4.79 Å². The second-order valence-electron chi connectivity index (χ2n) is 4.26. The van der Waals surface area contributed by atoms with Crippen LogP contribution < -0.4 is 0 Å². The summed E-state index contributed by atoms with van der Waals surface area (Å²) in [4.78, 5) is 11.5. The van der Waals surface area contributed by atoms with Gasteiger partial charge in [-0.25, -0.2) is 0 Å². The van der Waals surface area contributed by atoms with Gasteiger partial charge in [0, 0.05) is 12.8 Å². The van der Waals surface area contributed by atoms with E-state index in [1.807, 2.05) is 60.7 Å². The lowest BCUT2D eigenvalue weighted by atomic mass is 10.1. The van der Waals surface area contributed by atoms with E-state index in [9.17, 15) is 4.79 Å². The van der Waals surface area contributed by atoms with Crippen LogP contribution in [-0.4, -0.2) is 5.78 Å². The van der Waals surface area contributed by atoms with Crippen LogP contribution in [0.2, 0.25) is 0 Å². The Kier molecular flexibility index (Phi) is 5.20. The highest BCUT2D eigenvalue weighted by Gasteiger charge is 1.90. The molecule has 0 N–H and O–H groups in total.